The molecule has 0 fully saturated rings. The predicted molar refractivity (Wildman–Crippen MR) is 66.9 cm³/mol. The number of rotatable bonds is 4. The summed E-state index contributed by atoms with van der Waals surface area (Å²) in [5.41, 5.74) is 0.531. The lowest BCUT2D eigenvalue weighted by Crippen LogP contribution is -2.00. The zero-order valence-corrected chi connectivity index (χ0v) is 10.9. The van der Waals surface area contributed by atoms with Crippen LogP contribution >= 0.6 is 0 Å². The van der Waals surface area contributed by atoms with Crippen LogP contribution in [0.15, 0.2) is 18.2 Å². The Bertz CT molecular complexity index is 668. The summed E-state index contributed by atoms with van der Waals surface area (Å²) in [6, 6.07) is 3.73. The number of benzene rings is 1. The summed E-state index contributed by atoms with van der Waals surface area (Å²) in [7, 11) is 2.80. The highest BCUT2D eigenvalue weighted by Crippen LogP contribution is 2.34. The van der Waals surface area contributed by atoms with Crippen molar-refractivity contribution in [1.82, 2.24) is 9.78 Å². The second-order valence-corrected chi connectivity index (χ2v) is 4.14. The van der Waals surface area contributed by atoms with Crippen LogP contribution in [0.4, 0.5) is 8.78 Å². The van der Waals surface area contributed by atoms with Crippen LogP contribution in [0.25, 0.3) is 11.3 Å². The number of aromatic carboxylic acids is 1. The third kappa shape index (κ3) is 2.34. The van der Waals surface area contributed by atoms with E-state index in [9.17, 15) is 13.6 Å². The van der Waals surface area contributed by atoms with Gasteiger partial charge in [-0.05, 0) is 23.8 Å². The molecular weight excluding hydrogens is 270 g/mol. The molecule has 1 N–H and O–H groups in total. The number of alkyl halides is 1. The fraction of sp³-hybridized carbons (Fsp3) is 0.231. The lowest BCUT2D eigenvalue weighted by molar-refractivity contribution is 0.0689. The molecule has 1 aromatic heterocycles. The molecule has 2 aromatic rings. The standard InChI is InChI=1S/C13H12F2N2O3/c1-17-11(5-10(16-17)13(18)19)8-3-7(6-14)4-9(15)12(8)20-2/h3-5H,6H2,1-2H3,(H,18,19). The van der Waals surface area contributed by atoms with E-state index in [4.69, 9.17) is 9.84 Å². The van der Waals surface area contributed by atoms with Crippen molar-refractivity contribution in [1.29, 1.82) is 0 Å². The Hall–Kier alpha value is -2.44. The van der Waals surface area contributed by atoms with Crippen molar-refractivity contribution in [2.24, 2.45) is 7.05 Å². The summed E-state index contributed by atoms with van der Waals surface area (Å²) in [5, 5.41) is 12.7. The van der Waals surface area contributed by atoms with Gasteiger partial charge in [0.2, 0.25) is 0 Å². The number of ether oxygens (including phenoxy) is 1. The molecule has 0 radical (unpaired) electrons. The number of halogens is 2. The molecular formula is C13H12F2N2O3. The van der Waals surface area contributed by atoms with Gasteiger partial charge in [0.05, 0.1) is 12.8 Å². The minimum atomic E-state index is -1.20. The second-order valence-electron chi connectivity index (χ2n) is 4.14. The molecule has 0 bridgehead atoms. The van der Waals surface area contributed by atoms with Crippen molar-refractivity contribution in [3.05, 3.63) is 35.3 Å². The fourth-order valence-corrected chi connectivity index (χ4v) is 1.95. The first kappa shape index (κ1) is 14.0. The number of carboxylic acids is 1. The van der Waals surface area contributed by atoms with E-state index in [0.29, 0.717) is 5.69 Å². The van der Waals surface area contributed by atoms with Gasteiger partial charge in [0.15, 0.2) is 17.3 Å². The Labute approximate surface area is 113 Å². The highest BCUT2D eigenvalue weighted by molar-refractivity contribution is 5.87. The number of carboxylic acid groups (broad SMARTS) is 1. The Balaban J connectivity index is 2.67. The average Bonchev–Trinajstić information content (AvgIpc) is 2.80. The summed E-state index contributed by atoms with van der Waals surface area (Å²) >= 11 is 0. The maximum atomic E-state index is 13.8. The maximum absolute atomic E-state index is 13.8. The summed E-state index contributed by atoms with van der Waals surface area (Å²) < 4.78 is 32.8. The molecule has 1 aromatic carbocycles. The summed E-state index contributed by atoms with van der Waals surface area (Å²) in [4.78, 5) is 10.9. The van der Waals surface area contributed by atoms with Gasteiger partial charge in [-0.2, -0.15) is 5.10 Å². The van der Waals surface area contributed by atoms with Crippen LogP contribution in [0, 0.1) is 5.82 Å². The Kier molecular flexibility index (Phi) is 3.69. The Morgan fingerprint density at radius 1 is 1.45 bits per heavy atom. The van der Waals surface area contributed by atoms with Crippen LogP contribution in [-0.4, -0.2) is 28.0 Å². The van der Waals surface area contributed by atoms with E-state index in [1.54, 1.807) is 0 Å². The number of nitrogens with zero attached hydrogens (tertiary/aromatic N) is 2. The Morgan fingerprint density at radius 2 is 2.15 bits per heavy atom. The average molecular weight is 282 g/mol. The minimum Gasteiger partial charge on any atom is -0.493 e. The fourth-order valence-electron chi connectivity index (χ4n) is 1.95. The molecule has 0 aliphatic heterocycles. The van der Waals surface area contributed by atoms with Gasteiger partial charge in [-0.1, -0.05) is 0 Å². The van der Waals surface area contributed by atoms with Crippen LogP contribution < -0.4 is 4.74 Å². The second kappa shape index (κ2) is 5.28. The van der Waals surface area contributed by atoms with E-state index >= 15 is 0 Å². The summed E-state index contributed by atoms with van der Waals surface area (Å²) in [5.74, 6) is -1.99. The molecule has 0 saturated carbocycles. The number of hydrogen-bond donors (Lipinski definition) is 1. The number of hydrogen-bond acceptors (Lipinski definition) is 3. The number of methoxy groups -OCH3 is 1. The largest absolute Gasteiger partial charge is 0.493 e. The monoisotopic (exact) mass is 282 g/mol. The molecule has 7 heteroatoms. The molecule has 0 aliphatic rings. The molecule has 20 heavy (non-hydrogen) atoms. The van der Waals surface area contributed by atoms with E-state index in [1.807, 2.05) is 0 Å². The molecule has 5 nitrogen and oxygen atoms in total. The van der Waals surface area contributed by atoms with Gasteiger partial charge in [-0.15, -0.1) is 0 Å². The molecule has 1 heterocycles. The van der Waals surface area contributed by atoms with Crippen LogP contribution in [0.2, 0.25) is 0 Å². The highest BCUT2D eigenvalue weighted by Gasteiger charge is 2.19. The van der Waals surface area contributed by atoms with Crippen LogP contribution in [0.1, 0.15) is 16.1 Å². The predicted octanol–water partition coefficient (Wildman–Crippen LogP) is 2.40. The SMILES string of the molecule is COc1c(F)cc(CF)cc1-c1cc(C(=O)O)nn1C. The number of carbonyl (C=O) groups is 1. The van der Waals surface area contributed by atoms with Crippen LogP contribution in [0.3, 0.4) is 0 Å². The van der Waals surface area contributed by atoms with Gasteiger partial charge >= 0.3 is 5.97 Å². The maximum Gasteiger partial charge on any atom is 0.356 e. The third-order valence-electron chi connectivity index (χ3n) is 2.84. The van der Waals surface area contributed by atoms with Gasteiger partial charge in [-0.3, -0.25) is 4.68 Å². The van der Waals surface area contributed by atoms with Crippen molar-refractivity contribution in [3.8, 4) is 17.0 Å². The molecule has 2 rings (SSSR count). The van der Waals surface area contributed by atoms with Crippen molar-refractivity contribution in [2.75, 3.05) is 7.11 Å². The highest BCUT2D eigenvalue weighted by atomic mass is 19.1. The van der Waals surface area contributed by atoms with Gasteiger partial charge < -0.3 is 9.84 Å². The van der Waals surface area contributed by atoms with Crippen LogP contribution in [-0.2, 0) is 13.7 Å². The van der Waals surface area contributed by atoms with Gasteiger partial charge in [-0.25, -0.2) is 13.6 Å². The first-order valence-corrected chi connectivity index (χ1v) is 5.68. The molecule has 0 atom stereocenters. The van der Waals surface area contributed by atoms with E-state index < -0.39 is 18.5 Å². The summed E-state index contributed by atoms with van der Waals surface area (Å²) in [6.07, 6.45) is 0. The molecule has 0 amide bonds. The van der Waals surface area contributed by atoms with E-state index in [2.05, 4.69) is 5.10 Å². The minimum absolute atomic E-state index is 0.0814. The van der Waals surface area contributed by atoms with Crippen molar-refractivity contribution >= 4 is 5.97 Å². The van der Waals surface area contributed by atoms with Crippen molar-refractivity contribution in [2.45, 2.75) is 6.67 Å². The van der Waals surface area contributed by atoms with Crippen molar-refractivity contribution in [3.63, 3.8) is 0 Å². The lowest BCUT2D eigenvalue weighted by Gasteiger charge is -2.11. The van der Waals surface area contributed by atoms with E-state index in [-0.39, 0.29) is 22.6 Å². The smallest absolute Gasteiger partial charge is 0.356 e. The molecule has 0 saturated heterocycles. The number of aromatic nitrogens is 2. The normalized spacial score (nSPS) is 10.6. The molecule has 0 unspecified atom stereocenters. The molecule has 0 spiro atoms. The first-order valence-electron chi connectivity index (χ1n) is 5.68. The van der Waals surface area contributed by atoms with Gasteiger partial charge in [0, 0.05) is 12.6 Å². The topological polar surface area (TPSA) is 64.3 Å². The van der Waals surface area contributed by atoms with Gasteiger partial charge in [0.1, 0.15) is 6.67 Å². The zero-order valence-electron chi connectivity index (χ0n) is 10.9. The molecule has 106 valence electrons. The molecule has 0 aliphatic carbocycles. The summed E-state index contributed by atoms with van der Waals surface area (Å²) in [6.45, 7) is -0.836. The third-order valence-corrected chi connectivity index (χ3v) is 2.84. The van der Waals surface area contributed by atoms with Crippen LogP contribution in [0.5, 0.6) is 5.75 Å². The lowest BCUT2D eigenvalue weighted by atomic mass is 10.1. The zero-order chi connectivity index (χ0) is 14.9. The van der Waals surface area contributed by atoms with Gasteiger partial charge in [0.25, 0.3) is 0 Å². The van der Waals surface area contributed by atoms with E-state index in [1.165, 1.54) is 31.0 Å². The quantitative estimate of drug-likeness (QED) is 0.935. The van der Waals surface area contributed by atoms with Crippen molar-refractivity contribution < 1.29 is 23.4 Å². The number of aryl methyl sites for hydroxylation is 1. The Morgan fingerprint density at radius 3 is 2.65 bits per heavy atom. The van der Waals surface area contributed by atoms with E-state index in [0.717, 1.165) is 6.07 Å². The first-order chi connectivity index (χ1) is 9.47.